The standard InChI is InChI=1S/C18H24FN3O2/c19-15-5-2-13(3-6-15)17(23)21-8-1-9-22(11-10-21)18(24)14-4-7-16(20)12-14/h2-3,5-6,14,16H,1,4,7-12,20H2. The molecule has 1 aliphatic carbocycles. The number of benzene rings is 1. The summed E-state index contributed by atoms with van der Waals surface area (Å²) in [6.07, 6.45) is 3.32. The van der Waals surface area contributed by atoms with Gasteiger partial charge in [-0.05, 0) is 49.9 Å². The Labute approximate surface area is 141 Å². The molecule has 2 atom stereocenters. The predicted molar refractivity (Wildman–Crippen MR) is 88.8 cm³/mol. The summed E-state index contributed by atoms with van der Waals surface area (Å²) in [5, 5.41) is 0. The molecular formula is C18H24FN3O2. The lowest BCUT2D eigenvalue weighted by atomic mass is 10.1. The van der Waals surface area contributed by atoms with Gasteiger partial charge in [0.05, 0.1) is 0 Å². The highest BCUT2D eigenvalue weighted by molar-refractivity contribution is 5.94. The van der Waals surface area contributed by atoms with E-state index < -0.39 is 0 Å². The van der Waals surface area contributed by atoms with Crippen molar-refractivity contribution in [3.8, 4) is 0 Å². The van der Waals surface area contributed by atoms with Crippen molar-refractivity contribution < 1.29 is 14.0 Å². The lowest BCUT2D eigenvalue weighted by Gasteiger charge is -2.24. The van der Waals surface area contributed by atoms with E-state index in [1.807, 2.05) is 4.90 Å². The molecule has 6 heteroatoms. The predicted octanol–water partition coefficient (Wildman–Crippen LogP) is 1.63. The molecule has 1 aromatic rings. The second kappa shape index (κ2) is 7.30. The average Bonchev–Trinajstić information content (AvgIpc) is 2.87. The third-order valence-corrected chi connectivity index (χ3v) is 5.01. The van der Waals surface area contributed by atoms with Crippen LogP contribution in [0.2, 0.25) is 0 Å². The summed E-state index contributed by atoms with van der Waals surface area (Å²) in [6, 6.07) is 5.74. The number of carbonyl (C=O) groups excluding carboxylic acids is 2. The zero-order valence-electron chi connectivity index (χ0n) is 13.8. The van der Waals surface area contributed by atoms with E-state index in [4.69, 9.17) is 5.73 Å². The molecule has 1 saturated carbocycles. The van der Waals surface area contributed by atoms with Crippen molar-refractivity contribution in [1.82, 2.24) is 9.80 Å². The van der Waals surface area contributed by atoms with Gasteiger partial charge in [0.1, 0.15) is 5.82 Å². The Balaban J connectivity index is 1.59. The molecule has 1 heterocycles. The van der Waals surface area contributed by atoms with Crippen molar-refractivity contribution in [1.29, 1.82) is 0 Å². The number of rotatable bonds is 2. The van der Waals surface area contributed by atoms with E-state index in [0.29, 0.717) is 31.7 Å². The smallest absolute Gasteiger partial charge is 0.253 e. The first-order chi connectivity index (χ1) is 11.5. The summed E-state index contributed by atoms with van der Waals surface area (Å²) in [5.41, 5.74) is 6.39. The minimum Gasteiger partial charge on any atom is -0.341 e. The van der Waals surface area contributed by atoms with E-state index in [-0.39, 0.29) is 29.6 Å². The van der Waals surface area contributed by atoms with Crippen LogP contribution in [-0.2, 0) is 4.79 Å². The lowest BCUT2D eigenvalue weighted by molar-refractivity contribution is -0.135. The van der Waals surface area contributed by atoms with Crippen LogP contribution >= 0.6 is 0 Å². The molecule has 2 N–H and O–H groups in total. The molecule has 2 fully saturated rings. The van der Waals surface area contributed by atoms with Crippen LogP contribution in [0.25, 0.3) is 0 Å². The lowest BCUT2D eigenvalue weighted by Crippen LogP contribution is -2.39. The minimum absolute atomic E-state index is 0.0411. The van der Waals surface area contributed by atoms with Gasteiger partial charge in [0.2, 0.25) is 5.91 Å². The van der Waals surface area contributed by atoms with E-state index in [1.54, 1.807) is 4.90 Å². The minimum atomic E-state index is -0.353. The molecule has 24 heavy (non-hydrogen) atoms. The van der Waals surface area contributed by atoms with Crippen molar-refractivity contribution in [3.05, 3.63) is 35.6 Å². The molecule has 0 radical (unpaired) electrons. The Kier molecular flexibility index (Phi) is 5.14. The van der Waals surface area contributed by atoms with Crippen LogP contribution in [0.4, 0.5) is 4.39 Å². The monoisotopic (exact) mass is 333 g/mol. The molecule has 5 nitrogen and oxygen atoms in total. The number of hydrogen-bond donors (Lipinski definition) is 1. The van der Waals surface area contributed by atoms with E-state index in [2.05, 4.69) is 0 Å². The van der Waals surface area contributed by atoms with Crippen LogP contribution in [0.5, 0.6) is 0 Å². The summed E-state index contributed by atoms with van der Waals surface area (Å²) < 4.78 is 13.0. The van der Waals surface area contributed by atoms with Crippen LogP contribution in [0, 0.1) is 11.7 Å². The summed E-state index contributed by atoms with van der Waals surface area (Å²) in [6.45, 7) is 2.36. The number of hydrogen-bond acceptors (Lipinski definition) is 3. The Morgan fingerprint density at radius 3 is 2.33 bits per heavy atom. The summed E-state index contributed by atoms with van der Waals surface area (Å²) in [4.78, 5) is 28.8. The maximum atomic E-state index is 13.0. The number of carbonyl (C=O) groups is 2. The second-order valence-corrected chi connectivity index (χ2v) is 6.75. The second-order valence-electron chi connectivity index (χ2n) is 6.75. The fourth-order valence-corrected chi connectivity index (χ4v) is 3.61. The molecule has 130 valence electrons. The zero-order valence-corrected chi connectivity index (χ0v) is 13.8. The topological polar surface area (TPSA) is 66.6 Å². The van der Waals surface area contributed by atoms with Gasteiger partial charge in [-0.15, -0.1) is 0 Å². The van der Waals surface area contributed by atoms with E-state index in [0.717, 1.165) is 25.7 Å². The van der Waals surface area contributed by atoms with Crippen molar-refractivity contribution in [2.75, 3.05) is 26.2 Å². The van der Waals surface area contributed by atoms with E-state index in [1.165, 1.54) is 24.3 Å². The van der Waals surface area contributed by atoms with Crippen LogP contribution in [0.15, 0.2) is 24.3 Å². The molecule has 1 aliphatic heterocycles. The third kappa shape index (κ3) is 3.75. The van der Waals surface area contributed by atoms with Gasteiger partial charge in [0.15, 0.2) is 0 Å². The molecule has 1 saturated heterocycles. The summed E-state index contributed by atoms with van der Waals surface area (Å²) in [7, 11) is 0. The number of nitrogens with zero attached hydrogens (tertiary/aromatic N) is 2. The molecule has 0 aromatic heterocycles. The van der Waals surface area contributed by atoms with E-state index in [9.17, 15) is 14.0 Å². The molecule has 3 rings (SSSR count). The molecule has 2 unspecified atom stereocenters. The van der Waals surface area contributed by atoms with Crippen LogP contribution in [0.3, 0.4) is 0 Å². The molecule has 2 amide bonds. The molecule has 1 aromatic carbocycles. The molecule has 0 spiro atoms. The number of halogens is 1. The van der Waals surface area contributed by atoms with Gasteiger partial charge in [-0.1, -0.05) is 0 Å². The largest absolute Gasteiger partial charge is 0.341 e. The van der Waals surface area contributed by atoms with Gasteiger partial charge in [-0.25, -0.2) is 4.39 Å². The Morgan fingerprint density at radius 2 is 1.67 bits per heavy atom. The van der Waals surface area contributed by atoms with Gasteiger partial charge in [-0.2, -0.15) is 0 Å². The summed E-state index contributed by atoms with van der Waals surface area (Å²) in [5.74, 6) is -0.237. The van der Waals surface area contributed by atoms with E-state index >= 15 is 0 Å². The van der Waals surface area contributed by atoms with Gasteiger partial charge in [0.25, 0.3) is 5.91 Å². The van der Waals surface area contributed by atoms with Gasteiger partial charge < -0.3 is 15.5 Å². The quantitative estimate of drug-likeness (QED) is 0.894. The fourth-order valence-electron chi connectivity index (χ4n) is 3.61. The average molecular weight is 333 g/mol. The Hall–Kier alpha value is -1.95. The van der Waals surface area contributed by atoms with Gasteiger partial charge in [-0.3, -0.25) is 9.59 Å². The highest BCUT2D eigenvalue weighted by Crippen LogP contribution is 2.26. The molecule has 2 aliphatic rings. The Bertz CT molecular complexity index is 605. The van der Waals surface area contributed by atoms with Crippen molar-refractivity contribution >= 4 is 11.8 Å². The van der Waals surface area contributed by atoms with Crippen molar-refractivity contribution in [2.24, 2.45) is 11.7 Å². The zero-order chi connectivity index (χ0) is 17.1. The van der Waals surface area contributed by atoms with Crippen LogP contribution < -0.4 is 5.73 Å². The SMILES string of the molecule is NC1CCC(C(=O)N2CCCN(C(=O)c3ccc(F)cc3)CC2)C1. The van der Waals surface area contributed by atoms with Gasteiger partial charge in [0, 0.05) is 43.7 Å². The highest BCUT2D eigenvalue weighted by atomic mass is 19.1. The maximum absolute atomic E-state index is 13.0. The third-order valence-electron chi connectivity index (χ3n) is 5.01. The van der Waals surface area contributed by atoms with Gasteiger partial charge >= 0.3 is 0 Å². The highest BCUT2D eigenvalue weighted by Gasteiger charge is 2.32. The van der Waals surface area contributed by atoms with Crippen LogP contribution in [-0.4, -0.2) is 53.8 Å². The van der Waals surface area contributed by atoms with Crippen molar-refractivity contribution in [3.63, 3.8) is 0 Å². The molecular weight excluding hydrogens is 309 g/mol. The molecule has 0 bridgehead atoms. The van der Waals surface area contributed by atoms with Crippen LogP contribution in [0.1, 0.15) is 36.0 Å². The normalized spacial score (nSPS) is 24.8. The first-order valence-electron chi connectivity index (χ1n) is 8.64. The first kappa shape index (κ1) is 16.9. The van der Waals surface area contributed by atoms with Crippen molar-refractivity contribution in [2.45, 2.75) is 31.7 Å². The number of amides is 2. The number of nitrogens with two attached hydrogens (primary N) is 1. The summed E-state index contributed by atoms with van der Waals surface area (Å²) >= 11 is 0. The Morgan fingerprint density at radius 1 is 1.00 bits per heavy atom. The first-order valence-corrected chi connectivity index (χ1v) is 8.64. The maximum Gasteiger partial charge on any atom is 0.253 e. The fraction of sp³-hybridized carbons (Fsp3) is 0.556.